The topological polar surface area (TPSA) is 117 Å². The minimum atomic E-state index is -0.193. The van der Waals surface area contributed by atoms with E-state index in [4.69, 9.17) is 5.73 Å². The van der Waals surface area contributed by atoms with Crippen molar-refractivity contribution in [3.8, 4) is 0 Å². The van der Waals surface area contributed by atoms with Gasteiger partial charge in [0.05, 0.1) is 0 Å². The number of aromatic nitrogens is 3. The Kier molecular flexibility index (Phi) is 3.29. The highest BCUT2D eigenvalue weighted by Gasteiger charge is 2.32. The fraction of sp³-hybridized carbons (Fsp3) is 0.667. The Morgan fingerprint density at radius 1 is 1.25 bits per heavy atom. The van der Waals surface area contributed by atoms with E-state index in [1.54, 1.807) is 4.90 Å². The maximum absolute atomic E-state index is 12.1. The SMILES string of the molecule is Nc1n[nH]c(C(=O)N2CCC(NC(=O)C3CC3)CC2)n1. The second kappa shape index (κ2) is 5.10. The van der Waals surface area contributed by atoms with Crippen LogP contribution in [0.3, 0.4) is 0 Å². The number of rotatable bonds is 3. The van der Waals surface area contributed by atoms with Crippen LogP contribution in [-0.2, 0) is 4.79 Å². The van der Waals surface area contributed by atoms with Gasteiger partial charge in [-0.2, -0.15) is 4.98 Å². The number of amides is 2. The van der Waals surface area contributed by atoms with E-state index in [0.717, 1.165) is 25.7 Å². The van der Waals surface area contributed by atoms with E-state index in [0.29, 0.717) is 13.1 Å². The van der Waals surface area contributed by atoms with Crippen LogP contribution >= 0.6 is 0 Å². The van der Waals surface area contributed by atoms with E-state index in [2.05, 4.69) is 20.5 Å². The number of nitrogen functional groups attached to an aromatic ring is 1. The summed E-state index contributed by atoms with van der Waals surface area (Å²) in [6.07, 6.45) is 3.56. The number of carbonyl (C=O) groups is 2. The predicted molar refractivity (Wildman–Crippen MR) is 70.6 cm³/mol. The first-order valence-electron chi connectivity index (χ1n) is 6.91. The molecule has 8 heteroatoms. The van der Waals surface area contributed by atoms with E-state index in [9.17, 15) is 9.59 Å². The fourth-order valence-electron chi connectivity index (χ4n) is 2.41. The third kappa shape index (κ3) is 2.73. The van der Waals surface area contributed by atoms with Gasteiger partial charge in [0.2, 0.25) is 17.7 Å². The lowest BCUT2D eigenvalue weighted by Gasteiger charge is -2.31. The lowest BCUT2D eigenvalue weighted by Crippen LogP contribution is -2.47. The Balaban J connectivity index is 1.50. The first-order valence-corrected chi connectivity index (χ1v) is 6.91. The summed E-state index contributed by atoms with van der Waals surface area (Å²) in [4.78, 5) is 29.3. The monoisotopic (exact) mass is 278 g/mol. The van der Waals surface area contributed by atoms with Gasteiger partial charge >= 0.3 is 0 Å². The number of anilines is 1. The molecule has 0 spiro atoms. The molecule has 1 aromatic heterocycles. The molecule has 1 saturated carbocycles. The highest BCUT2D eigenvalue weighted by Crippen LogP contribution is 2.29. The van der Waals surface area contributed by atoms with Crippen LogP contribution in [0.2, 0.25) is 0 Å². The number of carbonyl (C=O) groups excluding carboxylic acids is 2. The van der Waals surface area contributed by atoms with Crippen LogP contribution in [0, 0.1) is 5.92 Å². The number of aromatic amines is 1. The van der Waals surface area contributed by atoms with E-state index < -0.39 is 0 Å². The van der Waals surface area contributed by atoms with E-state index in [1.807, 2.05) is 0 Å². The Morgan fingerprint density at radius 2 is 1.95 bits per heavy atom. The molecule has 0 aromatic carbocycles. The van der Waals surface area contributed by atoms with Gasteiger partial charge in [0, 0.05) is 25.0 Å². The molecule has 2 heterocycles. The molecule has 2 fully saturated rings. The maximum atomic E-state index is 12.1. The Morgan fingerprint density at radius 3 is 2.50 bits per heavy atom. The minimum Gasteiger partial charge on any atom is -0.366 e. The second-order valence-corrected chi connectivity index (χ2v) is 5.39. The van der Waals surface area contributed by atoms with E-state index in [-0.39, 0.29) is 35.5 Å². The zero-order valence-electron chi connectivity index (χ0n) is 11.1. The van der Waals surface area contributed by atoms with Crippen molar-refractivity contribution in [2.45, 2.75) is 31.7 Å². The number of piperidine rings is 1. The van der Waals surface area contributed by atoms with E-state index >= 15 is 0 Å². The normalized spacial score (nSPS) is 19.9. The summed E-state index contributed by atoms with van der Waals surface area (Å²) in [6.45, 7) is 1.21. The standard InChI is InChI=1S/C12H18N6O2/c13-12-15-9(16-17-12)11(20)18-5-3-8(4-6-18)14-10(19)7-1-2-7/h7-8H,1-6H2,(H,14,19)(H3,13,15,16,17). The number of likely N-dealkylation sites (tertiary alicyclic amines) is 1. The zero-order valence-corrected chi connectivity index (χ0v) is 11.1. The molecular weight excluding hydrogens is 260 g/mol. The molecule has 3 rings (SSSR count). The molecule has 2 amide bonds. The average molecular weight is 278 g/mol. The first kappa shape index (κ1) is 12.9. The van der Waals surface area contributed by atoms with Crippen LogP contribution in [0.25, 0.3) is 0 Å². The third-order valence-electron chi connectivity index (χ3n) is 3.78. The minimum absolute atomic E-state index is 0.0694. The number of nitrogens with zero attached hydrogens (tertiary/aromatic N) is 3. The molecular formula is C12H18N6O2. The first-order chi connectivity index (χ1) is 9.63. The summed E-state index contributed by atoms with van der Waals surface area (Å²) in [6, 6.07) is 0.173. The van der Waals surface area contributed by atoms with Gasteiger partial charge in [-0.3, -0.25) is 14.7 Å². The van der Waals surface area contributed by atoms with Crippen molar-refractivity contribution >= 4 is 17.8 Å². The third-order valence-corrected chi connectivity index (χ3v) is 3.78. The molecule has 0 bridgehead atoms. The molecule has 1 aromatic rings. The van der Waals surface area contributed by atoms with Gasteiger partial charge in [-0.15, -0.1) is 5.10 Å². The van der Waals surface area contributed by atoms with Crippen molar-refractivity contribution in [1.29, 1.82) is 0 Å². The van der Waals surface area contributed by atoms with Crippen LogP contribution in [0.5, 0.6) is 0 Å². The van der Waals surface area contributed by atoms with Gasteiger partial charge in [0.25, 0.3) is 5.91 Å². The van der Waals surface area contributed by atoms with Crippen molar-refractivity contribution in [1.82, 2.24) is 25.4 Å². The number of hydrogen-bond donors (Lipinski definition) is 3. The highest BCUT2D eigenvalue weighted by atomic mass is 16.2. The van der Waals surface area contributed by atoms with Gasteiger partial charge in [-0.05, 0) is 25.7 Å². The lowest BCUT2D eigenvalue weighted by atomic mass is 10.0. The molecule has 2 aliphatic rings. The lowest BCUT2D eigenvalue weighted by molar-refractivity contribution is -0.123. The van der Waals surface area contributed by atoms with E-state index in [1.165, 1.54) is 0 Å². The number of hydrogen-bond acceptors (Lipinski definition) is 5. The molecule has 8 nitrogen and oxygen atoms in total. The molecule has 0 atom stereocenters. The van der Waals surface area contributed by atoms with Crippen molar-refractivity contribution in [2.75, 3.05) is 18.8 Å². The highest BCUT2D eigenvalue weighted by molar-refractivity contribution is 5.90. The summed E-state index contributed by atoms with van der Waals surface area (Å²) in [5.74, 6) is 0.439. The summed E-state index contributed by atoms with van der Waals surface area (Å²) < 4.78 is 0. The van der Waals surface area contributed by atoms with Crippen LogP contribution < -0.4 is 11.1 Å². The molecule has 1 aliphatic heterocycles. The fourth-order valence-corrected chi connectivity index (χ4v) is 2.41. The molecule has 1 saturated heterocycles. The van der Waals surface area contributed by atoms with Crippen molar-refractivity contribution in [2.24, 2.45) is 5.92 Å². The Hall–Kier alpha value is -2.12. The Labute approximate surface area is 116 Å². The largest absolute Gasteiger partial charge is 0.366 e. The quantitative estimate of drug-likeness (QED) is 0.690. The number of nitrogens with two attached hydrogens (primary N) is 1. The van der Waals surface area contributed by atoms with Crippen LogP contribution in [0.15, 0.2) is 0 Å². The average Bonchev–Trinajstić information content (AvgIpc) is 3.21. The van der Waals surface area contributed by atoms with Crippen molar-refractivity contribution in [3.05, 3.63) is 5.82 Å². The van der Waals surface area contributed by atoms with Gasteiger partial charge in [-0.1, -0.05) is 0 Å². The van der Waals surface area contributed by atoms with Gasteiger partial charge in [0.1, 0.15) is 0 Å². The van der Waals surface area contributed by atoms with Crippen LogP contribution in [0.1, 0.15) is 36.3 Å². The molecule has 0 unspecified atom stereocenters. The summed E-state index contributed by atoms with van der Waals surface area (Å²) >= 11 is 0. The smallest absolute Gasteiger partial charge is 0.291 e. The van der Waals surface area contributed by atoms with Crippen molar-refractivity contribution in [3.63, 3.8) is 0 Å². The molecule has 108 valence electrons. The summed E-state index contributed by atoms with van der Waals surface area (Å²) in [7, 11) is 0. The molecule has 20 heavy (non-hydrogen) atoms. The molecule has 1 aliphatic carbocycles. The van der Waals surface area contributed by atoms with Crippen LogP contribution in [0.4, 0.5) is 5.95 Å². The van der Waals surface area contributed by atoms with Crippen molar-refractivity contribution < 1.29 is 9.59 Å². The second-order valence-electron chi connectivity index (χ2n) is 5.39. The summed E-state index contributed by atoms with van der Waals surface area (Å²) in [5.41, 5.74) is 5.39. The maximum Gasteiger partial charge on any atom is 0.291 e. The number of H-pyrrole nitrogens is 1. The Bertz CT molecular complexity index is 516. The zero-order chi connectivity index (χ0) is 14.1. The van der Waals surface area contributed by atoms with Crippen LogP contribution in [-0.4, -0.2) is 51.0 Å². The van der Waals surface area contributed by atoms with Gasteiger partial charge < -0.3 is 16.0 Å². The molecule has 0 radical (unpaired) electrons. The van der Waals surface area contributed by atoms with Gasteiger partial charge in [-0.25, -0.2) is 0 Å². The van der Waals surface area contributed by atoms with Gasteiger partial charge in [0.15, 0.2) is 0 Å². The number of nitrogens with one attached hydrogen (secondary N) is 2. The molecule has 4 N–H and O–H groups in total. The summed E-state index contributed by atoms with van der Waals surface area (Å²) in [5, 5.41) is 9.22. The predicted octanol–water partition coefficient (Wildman–Crippen LogP) is -0.482.